The average Bonchev–Trinajstić information content (AvgIpc) is 3.16. The van der Waals surface area contributed by atoms with E-state index in [9.17, 15) is 4.79 Å². The highest BCUT2D eigenvalue weighted by Crippen LogP contribution is 2.50. The van der Waals surface area contributed by atoms with Gasteiger partial charge in [0.2, 0.25) is 11.7 Å². The smallest absolute Gasteiger partial charge is 0.303 e. The Hall–Kier alpha value is -3.23. The summed E-state index contributed by atoms with van der Waals surface area (Å²) in [5.74, 6) is 0.793. The van der Waals surface area contributed by atoms with Crippen LogP contribution in [-0.2, 0) is 11.2 Å². The molecule has 0 saturated heterocycles. The molecule has 9 heteroatoms. The summed E-state index contributed by atoms with van der Waals surface area (Å²) >= 11 is 0. The van der Waals surface area contributed by atoms with Crippen LogP contribution < -0.4 is 25.4 Å². The van der Waals surface area contributed by atoms with Gasteiger partial charge in [0, 0.05) is 12.0 Å². The summed E-state index contributed by atoms with van der Waals surface area (Å²) in [6.45, 7) is 0.398. The van der Waals surface area contributed by atoms with E-state index in [-0.39, 0.29) is 12.4 Å². The number of hydrogen-bond donors (Lipinski definition) is 4. The van der Waals surface area contributed by atoms with Crippen LogP contribution in [-0.4, -0.2) is 43.6 Å². The van der Waals surface area contributed by atoms with Crippen molar-refractivity contribution in [1.29, 1.82) is 5.41 Å². The number of benzene rings is 1. The Bertz CT molecular complexity index is 923. The summed E-state index contributed by atoms with van der Waals surface area (Å²) in [6.07, 6.45) is 5.61. The maximum Gasteiger partial charge on any atom is 0.303 e. The first-order valence-corrected chi connectivity index (χ1v) is 10.5. The maximum atomic E-state index is 10.7. The third-order valence-corrected chi connectivity index (χ3v) is 5.54. The Balaban J connectivity index is 1.95. The summed E-state index contributed by atoms with van der Waals surface area (Å²) in [5, 5.41) is 20.6. The van der Waals surface area contributed by atoms with Crippen LogP contribution in [0.4, 0.5) is 0 Å². The Kier molecular flexibility index (Phi) is 7.38. The number of carbonyl (C=O) groups is 1. The molecule has 0 fully saturated rings. The first-order chi connectivity index (χ1) is 15.0. The average molecular weight is 431 g/mol. The number of carboxylic acid groups (broad SMARTS) is 1. The SMILES string of the molecule is COc1c(OCCCCC(=O)O)cc2c(c1OC)C1=C(CCC1)C(=NNC(=N)N)CC2. The van der Waals surface area contributed by atoms with Crippen LogP contribution in [0.25, 0.3) is 5.57 Å². The van der Waals surface area contributed by atoms with Gasteiger partial charge in [-0.3, -0.25) is 10.2 Å². The Morgan fingerprint density at radius 3 is 2.58 bits per heavy atom. The van der Waals surface area contributed by atoms with Gasteiger partial charge in [0.25, 0.3) is 0 Å². The molecule has 0 amide bonds. The molecule has 0 spiro atoms. The number of aryl methyl sites for hydroxylation is 1. The normalized spacial score (nSPS) is 16.4. The second kappa shape index (κ2) is 10.2. The quantitative estimate of drug-likeness (QED) is 0.204. The number of unbranched alkanes of at least 4 members (excludes halogenated alkanes) is 1. The minimum atomic E-state index is -0.804. The van der Waals surface area contributed by atoms with E-state index in [1.54, 1.807) is 14.2 Å². The number of guanidine groups is 1. The number of hydrogen-bond acceptors (Lipinski definition) is 6. The van der Waals surface area contributed by atoms with E-state index in [0.717, 1.165) is 42.5 Å². The topological polar surface area (TPSA) is 139 Å². The van der Waals surface area contributed by atoms with Gasteiger partial charge in [-0.2, -0.15) is 5.10 Å². The molecule has 0 aromatic heterocycles. The summed E-state index contributed by atoms with van der Waals surface area (Å²) in [6, 6.07) is 2.00. The fraction of sp³-hybridized carbons (Fsp3) is 0.500. The lowest BCUT2D eigenvalue weighted by molar-refractivity contribution is -0.137. The van der Waals surface area contributed by atoms with Crippen molar-refractivity contribution in [3.8, 4) is 17.2 Å². The molecular weight excluding hydrogens is 400 g/mol. The Labute approximate surface area is 181 Å². The zero-order chi connectivity index (χ0) is 22.4. The fourth-order valence-corrected chi connectivity index (χ4v) is 4.24. The highest BCUT2D eigenvalue weighted by Gasteiger charge is 2.31. The maximum absolute atomic E-state index is 10.7. The zero-order valence-corrected chi connectivity index (χ0v) is 18.0. The molecule has 2 aliphatic rings. The summed E-state index contributed by atoms with van der Waals surface area (Å²) in [4.78, 5) is 10.7. The number of methoxy groups -OCH3 is 2. The van der Waals surface area contributed by atoms with Gasteiger partial charge in [-0.25, -0.2) is 5.43 Å². The van der Waals surface area contributed by atoms with Gasteiger partial charge in [0.1, 0.15) is 0 Å². The number of hydrazone groups is 1. The standard InChI is InChI=1S/C22H30N4O5/c1-29-20-17(31-11-4-3-8-18(27)28)12-13-9-10-16(25-26-22(23)24)14-6-5-7-15(14)19(13)21(20)30-2/h12H,3-11H2,1-2H3,(H,27,28)(H4,23,24,26). The number of allylic oxidation sites excluding steroid dienone is 2. The van der Waals surface area contributed by atoms with E-state index in [4.69, 9.17) is 30.5 Å². The molecule has 0 bridgehead atoms. The second-order valence-corrected chi connectivity index (χ2v) is 7.57. The van der Waals surface area contributed by atoms with Crippen molar-refractivity contribution in [1.82, 2.24) is 5.43 Å². The predicted octanol–water partition coefficient (Wildman–Crippen LogP) is 3.06. The number of nitrogens with two attached hydrogens (primary N) is 1. The molecule has 0 saturated carbocycles. The van der Waals surface area contributed by atoms with Crippen LogP contribution in [0, 0.1) is 5.41 Å². The van der Waals surface area contributed by atoms with Crippen LogP contribution in [0.15, 0.2) is 16.7 Å². The molecule has 168 valence electrons. The summed E-state index contributed by atoms with van der Waals surface area (Å²) in [7, 11) is 3.22. The number of fused-ring (bicyclic) bond motifs is 2. The first kappa shape index (κ1) is 22.5. The van der Waals surface area contributed by atoms with E-state index in [0.29, 0.717) is 43.1 Å². The van der Waals surface area contributed by atoms with E-state index in [1.807, 2.05) is 6.07 Å². The summed E-state index contributed by atoms with van der Waals surface area (Å²) < 4.78 is 17.4. The van der Waals surface area contributed by atoms with Crippen molar-refractivity contribution >= 4 is 23.2 Å². The molecule has 2 aliphatic carbocycles. The van der Waals surface area contributed by atoms with E-state index < -0.39 is 5.97 Å². The molecule has 0 aliphatic heterocycles. The van der Waals surface area contributed by atoms with Gasteiger partial charge in [-0.15, -0.1) is 0 Å². The largest absolute Gasteiger partial charge is 0.492 e. The third-order valence-electron chi connectivity index (χ3n) is 5.54. The number of nitrogens with one attached hydrogen (secondary N) is 2. The second-order valence-electron chi connectivity index (χ2n) is 7.57. The van der Waals surface area contributed by atoms with E-state index in [1.165, 1.54) is 11.1 Å². The molecule has 1 aromatic carbocycles. The van der Waals surface area contributed by atoms with Crippen LogP contribution in [0.3, 0.4) is 0 Å². The Morgan fingerprint density at radius 2 is 1.90 bits per heavy atom. The van der Waals surface area contributed by atoms with Crippen molar-refractivity contribution in [3.63, 3.8) is 0 Å². The minimum absolute atomic E-state index is 0.126. The minimum Gasteiger partial charge on any atom is -0.492 e. The van der Waals surface area contributed by atoms with Crippen molar-refractivity contribution < 1.29 is 24.1 Å². The molecule has 5 N–H and O–H groups in total. The van der Waals surface area contributed by atoms with Crippen LogP contribution in [0.1, 0.15) is 56.1 Å². The van der Waals surface area contributed by atoms with Crippen LogP contribution >= 0.6 is 0 Å². The predicted molar refractivity (Wildman–Crippen MR) is 118 cm³/mol. The first-order valence-electron chi connectivity index (χ1n) is 10.5. The molecule has 0 atom stereocenters. The lowest BCUT2D eigenvalue weighted by Crippen LogP contribution is -2.27. The molecule has 0 unspecified atom stereocenters. The Morgan fingerprint density at radius 1 is 1.16 bits per heavy atom. The number of nitrogens with zero attached hydrogens (tertiary/aromatic N) is 1. The van der Waals surface area contributed by atoms with Crippen molar-refractivity contribution in [2.24, 2.45) is 10.8 Å². The van der Waals surface area contributed by atoms with Crippen LogP contribution in [0.5, 0.6) is 17.2 Å². The van der Waals surface area contributed by atoms with Gasteiger partial charge in [-0.05, 0) is 67.7 Å². The molecule has 31 heavy (non-hydrogen) atoms. The molecular formula is C22H30N4O5. The molecule has 9 nitrogen and oxygen atoms in total. The monoisotopic (exact) mass is 430 g/mol. The van der Waals surface area contributed by atoms with Gasteiger partial charge in [0.15, 0.2) is 11.5 Å². The van der Waals surface area contributed by atoms with Crippen molar-refractivity contribution in [2.45, 2.75) is 51.4 Å². The number of ether oxygens (including phenoxy) is 3. The molecule has 3 rings (SSSR count). The highest BCUT2D eigenvalue weighted by atomic mass is 16.5. The highest BCUT2D eigenvalue weighted by molar-refractivity contribution is 6.09. The van der Waals surface area contributed by atoms with Crippen LogP contribution in [0.2, 0.25) is 0 Å². The lowest BCUT2D eigenvalue weighted by atomic mass is 9.95. The molecule has 0 radical (unpaired) electrons. The lowest BCUT2D eigenvalue weighted by Gasteiger charge is -2.20. The summed E-state index contributed by atoms with van der Waals surface area (Å²) in [5.41, 5.74) is 13.4. The number of carboxylic acids is 1. The van der Waals surface area contributed by atoms with E-state index in [2.05, 4.69) is 10.5 Å². The molecule has 1 aromatic rings. The van der Waals surface area contributed by atoms with Crippen molar-refractivity contribution in [2.75, 3.05) is 20.8 Å². The van der Waals surface area contributed by atoms with Crippen molar-refractivity contribution in [3.05, 3.63) is 22.8 Å². The molecule has 0 heterocycles. The fourth-order valence-electron chi connectivity index (χ4n) is 4.24. The number of rotatable bonds is 9. The van der Waals surface area contributed by atoms with Gasteiger partial charge >= 0.3 is 5.97 Å². The van der Waals surface area contributed by atoms with Gasteiger partial charge in [0.05, 0.1) is 26.5 Å². The van der Waals surface area contributed by atoms with E-state index >= 15 is 0 Å². The van der Waals surface area contributed by atoms with Gasteiger partial charge in [-0.1, -0.05) is 0 Å². The van der Waals surface area contributed by atoms with Gasteiger partial charge < -0.3 is 25.1 Å². The third kappa shape index (κ3) is 5.10. The number of aliphatic carboxylic acids is 1. The zero-order valence-electron chi connectivity index (χ0n) is 18.0.